The molecule has 0 fully saturated rings. The Labute approximate surface area is 122 Å². The van der Waals surface area contributed by atoms with E-state index in [-0.39, 0.29) is 18.6 Å². The van der Waals surface area contributed by atoms with Gasteiger partial charge in [-0.2, -0.15) is 0 Å². The second-order valence-electron chi connectivity index (χ2n) is 5.57. The molecule has 3 nitrogen and oxygen atoms in total. The van der Waals surface area contributed by atoms with Gasteiger partial charge < -0.3 is 10.1 Å². The Hall–Kier alpha value is -1.51. The van der Waals surface area contributed by atoms with Crippen molar-refractivity contribution < 1.29 is 9.53 Å². The van der Waals surface area contributed by atoms with Crippen LogP contribution in [0, 0.1) is 6.92 Å². The van der Waals surface area contributed by atoms with E-state index >= 15 is 0 Å². The molecule has 3 heteroatoms. The molecular weight excluding hydrogens is 250 g/mol. The van der Waals surface area contributed by atoms with Gasteiger partial charge >= 0.3 is 0 Å². The zero-order valence-corrected chi connectivity index (χ0v) is 13.3. The molecule has 0 spiro atoms. The summed E-state index contributed by atoms with van der Waals surface area (Å²) in [4.78, 5) is 11.9. The lowest BCUT2D eigenvalue weighted by molar-refractivity contribution is -0.123. The van der Waals surface area contributed by atoms with Crippen molar-refractivity contribution in [2.45, 2.75) is 59.4 Å². The van der Waals surface area contributed by atoms with Crippen LogP contribution in [0.5, 0.6) is 5.75 Å². The van der Waals surface area contributed by atoms with E-state index < -0.39 is 0 Å². The average Bonchev–Trinajstić information content (AvgIpc) is 2.42. The summed E-state index contributed by atoms with van der Waals surface area (Å²) < 4.78 is 5.72. The number of hydrogen-bond donors (Lipinski definition) is 1. The van der Waals surface area contributed by atoms with Gasteiger partial charge in [0.25, 0.3) is 5.91 Å². The molecule has 0 aromatic heterocycles. The molecule has 0 atom stereocenters. The molecule has 0 aliphatic rings. The van der Waals surface area contributed by atoms with Gasteiger partial charge in [-0.05, 0) is 42.9 Å². The van der Waals surface area contributed by atoms with Crippen LogP contribution in [-0.2, 0) is 4.79 Å². The van der Waals surface area contributed by atoms with Crippen LogP contribution in [0.1, 0.15) is 57.6 Å². The fourth-order valence-corrected chi connectivity index (χ4v) is 2.15. The molecule has 0 heterocycles. The van der Waals surface area contributed by atoms with E-state index in [2.05, 4.69) is 45.1 Å². The van der Waals surface area contributed by atoms with Crippen molar-refractivity contribution in [1.82, 2.24) is 5.32 Å². The molecule has 20 heavy (non-hydrogen) atoms. The van der Waals surface area contributed by atoms with E-state index in [0.29, 0.717) is 5.92 Å². The van der Waals surface area contributed by atoms with Crippen molar-refractivity contribution in [3.8, 4) is 5.75 Å². The molecule has 1 aromatic carbocycles. The monoisotopic (exact) mass is 277 g/mol. The number of carbonyl (C=O) groups excluding carboxylic acids is 1. The average molecular weight is 277 g/mol. The third-order valence-corrected chi connectivity index (χ3v) is 3.50. The number of benzene rings is 1. The molecule has 112 valence electrons. The van der Waals surface area contributed by atoms with Gasteiger partial charge in [-0.25, -0.2) is 0 Å². The van der Waals surface area contributed by atoms with Crippen molar-refractivity contribution in [3.05, 3.63) is 29.3 Å². The normalized spacial score (nSPS) is 10.9. The highest BCUT2D eigenvalue weighted by Gasteiger charge is 2.12. The van der Waals surface area contributed by atoms with E-state index in [9.17, 15) is 4.79 Å². The van der Waals surface area contributed by atoms with Crippen LogP contribution in [0.15, 0.2) is 18.2 Å². The molecule has 1 amide bonds. The van der Waals surface area contributed by atoms with Crippen molar-refractivity contribution in [2.75, 3.05) is 6.61 Å². The first-order valence-electron chi connectivity index (χ1n) is 7.50. The van der Waals surface area contributed by atoms with Gasteiger partial charge in [-0.15, -0.1) is 0 Å². The lowest BCUT2D eigenvalue weighted by atomic mass is 10.0. The SMILES string of the molecule is CCC(CC)NC(=O)COc1cc(C)ccc1C(C)C. The van der Waals surface area contributed by atoms with Crippen molar-refractivity contribution in [3.63, 3.8) is 0 Å². The topological polar surface area (TPSA) is 38.3 Å². The highest BCUT2D eigenvalue weighted by Crippen LogP contribution is 2.27. The van der Waals surface area contributed by atoms with Crippen molar-refractivity contribution in [2.24, 2.45) is 0 Å². The molecule has 0 radical (unpaired) electrons. The standard InChI is InChI=1S/C17H27NO2/c1-6-14(7-2)18-17(19)11-20-16-10-13(5)8-9-15(16)12(3)4/h8-10,12,14H,6-7,11H2,1-5H3,(H,18,19). The Kier molecular flexibility index (Phi) is 6.56. The lowest BCUT2D eigenvalue weighted by Crippen LogP contribution is -2.37. The van der Waals surface area contributed by atoms with Crippen LogP contribution >= 0.6 is 0 Å². The van der Waals surface area contributed by atoms with E-state index in [1.165, 1.54) is 0 Å². The summed E-state index contributed by atoms with van der Waals surface area (Å²) in [5.41, 5.74) is 2.29. The molecule has 1 rings (SSSR count). The molecule has 1 N–H and O–H groups in total. The number of nitrogens with one attached hydrogen (secondary N) is 1. The molecule has 0 saturated carbocycles. The Morgan fingerprint density at radius 1 is 1.25 bits per heavy atom. The Bertz CT molecular complexity index is 437. The van der Waals surface area contributed by atoms with Crippen LogP contribution in [0.4, 0.5) is 0 Å². The minimum absolute atomic E-state index is 0.0464. The number of hydrogen-bond acceptors (Lipinski definition) is 2. The summed E-state index contributed by atoms with van der Waals surface area (Å²) >= 11 is 0. The van der Waals surface area contributed by atoms with Crippen molar-refractivity contribution in [1.29, 1.82) is 0 Å². The number of amides is 1. The summed E-state index contributed by atoms with van der Waals surface area (Å²) in [6.07, 6.45) is 1.90. The minimum Gasteiger partial charge on any atom is -0.483 e. The van der Waals surface area contributed by atoms with Gasteiger partial charge in [0, 0.05) is 6.04 Å². The third-order valence-electron chi connectivity index (χ3n) is 3.50. The number of ether oxygens (including phenoxy) is 1. The largest absolute Gasteiger partial charge is 0.483 e. The summed E-state index contributed by atoms with van der Waals surface area (Å²) in [6, 6.07) is 6.40. The summed E-state index contributed by atoms with van der Waals surface area (Å²) in [5.74, 6) is 1.15. The maximum Gasteiger partial charge on any atom is 0.258 e. The molecule has 0 unspecified atom stereocenters. The van der Waals surface area contributed by atoms with Gasteiger partial charge in [0.2, 0.25) is 0 Å². The van der Waals surface area contributed by atoms with E-state index in [0.717, 1.165) is 29.7 Å². The molecule has 1 aromatic rings. The van der Waals surface area contributed by atoms with Crippen LogP contribution in [0.3, 0.4) is 0 Å². The minimum atomic E-state index is -0.0464. The zero-order valence-electron chi connectivity index (χ0n) is 13.3. The summed E-state index contributed by atoms with van der Waals surface area (Å²) in [5, 5.41) is 2.99. The second-order valence-corrected chi connectivity index (χ2v) is 5.57. The second kappa shape index (κ2) is 7.93. The van der Waals surface area contributed by atoms with Gasteiger partial charge in [0.15, 0.2) is 6.61 Å². The Morgan fingerprint density at radius 2 is 1.90 bits per heavy atom. The van der Waals surface area contributed by atoms with Crippen LogP contribution < -0.4 is 10.1 Å². The van der Waals surface area contributed by atoms with E-state index in [1.54, 1.807) is 0 Å². The van der Waals surface area contributed by atoms with Gasteiger partial charge in [0.05, 0.1) is 0 Å². The Balaban J connectivity index is 2.65. The first-order valence-corrected chi connectivity index (χ1v) is 7.50. The smallest absolute Gasteiger partial charge is 0.258 e. The fraction of sp³-hybridized carbons (Fsp3) is 0.588. The molecule has 0 saturated heterocycles. The molecule has 0 bridgehead atoms. The number of carbonyl (C=O) groups is 1. The van der Waals surface area contributed by atoms with Crippen LogP contribution in [-0.4, -0.2) is 18.6 Å². The maximum atomic E-state index is 11.9. The zero-order chi connectivity index (χ0) is 15.1. The van der Waals surface area contributed by atoms with Gasteiger partial charge in [-0.1, -0.05) is 39.8 Å². The molecule has 0 aliphatic heterocycles. The fourth-order valence-electron chi connectivity index (χ4n) is 2.15. The van der Waals surface area contributed by atoms with Crippen LogP contribution in [0.2, 0.25) is 0 Å². The molecule has 0 aliphatic carbocycles. The van der Waals surface area contributed by atoms with Crippen LogP contribution in [0.25, 0.3) is 0 Å². The quantitative estimate of drug-likeness (QED) is 0.823. The highest BCUT2D eigenvalue weighted by atomic mass is 16.5. The highest BCUT2D eigenvalue weighted by molar-refractivity contribution is 5.77. The predicted octanol–water partition coefficient (Wildman–Crippen LogP) is 3.80. The lowest BCUT2D eigenvalue weighted by Gasteiger charge is -2.17. The number of rotatable bonds is 7. The third kappa shape index (κ3) is 4.87. The first kappa shape index (κ1) is 16.5. The van der Waals surface area contributed by atoms with Crippen molar-refractivity contribution >= 4 is 5.91 Å². The van der Waals surface area contributed by atoms with Gasteiger partial charge in [-0.3, -0.25) is 4.79 Å². The summed E-state index contributed by atoms with van der Waals surface area (Å²) in [6.45, 7) is 10.5. The predicted molar refractivity (Wildman–Crippen MR) is 83.3 cm³/mol. The van der Waals surface area contributed by atoms with Gasteiger partial charge in [0.1, 0.15) is 5.75 Å². The molecular formula is C17H27NO2. The summed E-state index contributed by atoms with van der Waals surface area (Å²) in [7, 11) is 0. The Morgan fingerprint density at radius 3 is 2.45 bits per heavy atom. The maximum absolute atomic E-state index is 11.9. The first-order chi connectivity index (χ1) is 9.47. The number of aryl methyl sites for hydroxylation is 1. The van der Waals surface area contributed by atoms with E-state index in [4.69, 9.17) is 4.74 Å². The van der Waals surface area contributed by atoms with E-state index in [1.807, 2.05) is 13.0 Å².